The molecule has 3 N–H and O–H groups in total. The molecule has 4 heterocycles. The monoisotopic (exact) mass is 680 g/mol. The fourth-order valence-corrected chi connectivity index (χ4v) is 8.26. The van der Waals surface area contributed by atoms with E-state index in [0.29, 0.717) is 55.2 Å². The number of likely N-dealkylation sites (tertiary alicyclic amines) is 2. The van der Waals surface area contributed by atoms with Crippen LogP contribution in [-0.2, 0) is 30.7 Å². The molecular formula is C33H40N6O8S. The van der Waals surface area contributed by atoms with Gasteiger partial charge < -0.3 is 30.1 Å². The molecule has 0 unspecified atom stereocenters. The molecule has 48 heavy (non-hydrogen) atoms. The number of carbonyl (C=O) groups excluding carboxylic acids is 5. The Hall–Kier alpha value is -4.66. The predicted octanol–water partition coefficient (Wildman–Crippen LogP) is 1.65. The van der Waals surface area contributed by atoms with Gasteiger partial charge in [0.05, 0.1) is 28.9 Å². The first kappa shape index (κ1) is 33.2. The fraction of sp³-hybridized carbons (Fsp3) is 0.485. The van der Waals surface area contributed by atoms with Gasteiger partial charge in [0.2, 0.25) is 5.91 Å². The number of hydrogen-bond acceptors (Lipinski definition) is 9. The first-order valence-corrected chi connectivity index (χ1v) is 17.7. The van der Waals surface area contributed by atoms with Crippen LogP contribution in [-0.4, -0.2) is 104 Å². The average Bonchev–Trinajstić information content (AvgIpc) is 3.54. The molecule has 256 valence electrons. The van der Waals surface area contributed by atoms with Gasteiger partial charge in [-0.05, 0) is 63.4 Å². The van der Waals surface area contributed by atoms with E-state index in [1.807, 2.05) is 4.90 Å². The minimum atomic E-state index is -3.33. The molecule has 0 saturated carbocycles. The standard InChI is InChI=1S/C33H40N6O8S/c1-32(2,3)47-31(44)37-14-12-23(13-15-37)28(41)39-19-26(33(20-39)29(42)35-30(43)36-33)34-27(40)22-10-8-21(9-11-22)18-38-16-17-48(45,46)25-7-5-4-6-24(25)38/h4-11,23,26H,12-20H2,1-3H3,(H,34,40)(H2,35,36,42,43)/t26-,33+/m1/s1. The van der Waals surface area contributed by atoms with Crippen molar-refractivity contribution in [2.24, 2.45) is 5.92 Å². The molecule has 4 aliphatic heterocycles. The van der Waals surface area contributed by atoms with Gasteiger partial charge in [0.1, 0.15) is 5.60 Å². The van der Waals surface area contributed by atoms with Crippen molar-refractivity contribution in [2.45, 2.75) is 62.2 Å². The van der Waals surface area contributed by atoms with Crippen molar-refractivity contribution in [3.63, 3.8) is 0 Å². The Morgan fingerprint density at radius 2 is 1.67 bits per heavy atom. The highest BCUT2D eigenvalue weighted by Crippen LogP contribution is 2.32. The Morgan fingerprint density at radius 1 is 0.979 bits per heavy atom. The lowest BCUT2D eigenvalue weighted by atomic mass is 9.93. The van der Waals surface area contributed by atoms with Crippen molar-refractivity contribution >= 4 is 45.4 Å². The van der Waals surface area contributed by atoms with Gasteiger partial charge in [0.15, 0.2) is 15.4 Å². The molecule has 2 aromatic rings. The van der Waals surface area contributed by atoms with Crippen LogP contribution >= 0.6 is 0 Å². The summed E-state index contributed by atoms with van der Waals surface area (Å²) in [5.41, 5.74) is -0.327. The fourth-order valence-electron chi connectivity index (χ4n) is 6.77. The second kappa shape index (κ2) is 12.4. The van der Waals surface area contributed by atoms with E-state index in [1.165, 1.54) is 4.90 Å². The number of ether oxygens (including phenoxy) is 1. The number of benzene rings is 2. The van der Waals surface area contributed by atoms with Gasteiger partial charge in [-0.15, -0.1) is 0 Å². The van der Waals surface area contributed by atoms with Crippen LogP contribution in [0, 0.1) is 5.92 Å². The molecule has 2 aromatic carbocycles. The van der Waals surface area contributed by atoms with E-state index >= 15 is 0 Å². The minimum Gasteiger partial charge on any atom is -0.444 e. The molecule has 3 saturated heterocycles. The molecule has 6 rings (SSSR count). The van der Waals surface area contributed by atoms with Crippen LogP contribution in [0.4, 0.5) is 15.3 Å². The maximum atomic E-state index is 13.6. The number of rotatable bonds is 5. The second-order valence-electron chi connectivity index (χ2n) is 13.8. The molecule has 0 aromatic heterocycles. The first-order valence-electron chi connectivity index (χ1n) is 16.0. The molecule has 1 spiro atoms. The van der Waals surface area contributed by atoms with Crippen molar-refractivity contribution in [1.29, 1.82) is 0 Å². The summed E-state index contributed by atoms with van der Waals surface area (Å²) in [5, 5.41) is 7.79. The number of carbonyl (C=O) groups is 5. The van der Waals surface area contributed by atoms with E-state index in [9.17, 15) is 32.4 Å². The quantitative estimate of drug-likeness (QED) is 0.397. The first-order chi connectivity index (χ1) is 22.6. The Kier molecular flexibility index (Phi) is 8.60. The third kappa shape index (κ3) is 6.55. The van der Waals surface area contributed by atoms with Gasteiger partial charge in [-0.25, -0.2) is 18.0 Å². The highest BCUT2D eigenvalue weighted by molar-refractivity contribution is 7.91. The molecule has 0 aliphatic carbocycles. The topological polar surface area (TPSA) is 175 Å². The van der Waals surface area contributed by atoms with E-state index < -0.39 is 56.9 Å². The maximum absolute atomic E-state index is 13.6. The number of anilines is 1. The zero-order valence-corrected chi connectivity index (χ0v) is 28.0. The third-order valence-corrected chi connectivity index (χ3v) is 11.0. The highest BCUT2D eigenvalue weighted by Gasteiger charge is 2.59. The largest absolute Gasteiger partial charge is 0.444 e. The molecule has 0 bridgehead atoms. The number of para-hydroxylation sites is 1. The summed E-state index contributed by atoms with van der Waals surface area (Å²) in [6.45, 7) is 6.77. The summed E-state index contributed by atoms with van der Waals surface area (Å²) in [6.07, 6.45) is 0.409. The van der Waals surface area contributed by atoms with E-state index in [2.05, 4.69) is 16.0 Å². The molecule has 4 aliphatic rings. The van der Waals surface area contributed by atoms with Crippen LogP contribution in [0.2, 0.25) is 0 Å². The van der Waals surface area contributed by atoms with Gasteiger partial charge in [0, 0.05) is 44.2 Å². The van der Waals surface area contributed by atoms with E-state index in [-0.39, 0.29) is 24.7 Å². The summed E-state index contributed by atoms with van der Waals surface area (Å²) < 4.78 is 30.5. The Labute approximate surface area is 279 Å². The number of sulfone groups is 1. The Morgan fingerprint density at radius 3 is 2.31 bits per heavy atom. The molecule has 14 nitrogen and oxygen atoms in total. The maximum Gasteiger partial charge on any atom is 0.410 e. The lowest BCUT2D eigenvalue weighted by Crippen LogP contribution is -2.62. The number of amides is 6. The second-order valence-corrected chi connectivity index (χ2v) is 15.8. The van der Waals surface area contributed by atoms with Gasteiger partial charge in [-0.2, -0.15) is 0 Å². The summed E-state index contributed by atoms with van der Waals surface area (Å²) in [4.78, 5) is 70.3. The molecule has 0 radical (unpaired) electrons. The zero-order chi connectivity index (χ0) is 34.4. The van der Waals surface area contributed by atoms with Crippen molar-refractivity contribution < 1.29 is 37.1 Å². The van der Waals surface area contributed by atoms with Gasteiger partial charge in [-0.3, -0.25) is 19.7 Å². The van der Waals surface area contributed by atoms with Crippen molar-refractivity contribution in [1.82, 2.24) is 25.8 Å². The van der Waals surface area contributed by atoms with Crippen LogP contribution in [0.5, 0.6) is 0 Å². The summed E-state index contributed by atoms with van der Waals surface area (Å²) in [5.74, 6) is -1.68. The number of nitrogens with one attached hydrogen (secondary N) is 3. The minimum absolute atomic E-state index is 0.0138. The molecule has 3 fully saturated rings. The number of hydrogen-bond donors (Lipinski definition) is 3. The van der Waals surface area contributed by atoms with Crippen LogP contribution < -0.4 is 20.9 Å². The number of fused-ring (bicyclic) bond motifs is 1. The van der Waals surface area contributed by atoms with Crippen molar-refractivity contribution in [2.75, 3.05) is 43.4 Å². The predicted molar refractivity (Wildman–Crippen MR) is 174 cm³/mol. The summed E-state index contributed by atoms with van der Waals surface area (Å²) >= 11 is 0. The van der Waals surface area contributed by atoms with Crippen molar-refractivity contribution in [3.8, 4) is 0 Å². The number of imide groups is 1. The van der Waals surface area contributed by atoms with E-state index in [4.69, 9.17) is 4.74 Å². The summed E-state index contributed by atoms with van der Waals surface area (Å²) in [6, 6.07) is 12.2. The van der Waals surface area contributed by atoms with Crippen LogP contribution in [0.15, 0.2) is 53.4 Å². The van der Waals surface area contributed by atoms with E-state index in [0.717, 1.165) is 5.56 Å². The van der Waals surface area contributed by atoms with Gasteiger partial charge in [-0.1, -0.05) is 24.3 Å². The molecular weight excluding hydrogens is 640 g/mol. The summed E-state index contributed by atoms with van der Waals surface area (Å²) in [7, 11) is -3.33. The van der Waals surface area contributed by atoms with Crippen LogP contribution in [0.25, 0.3) is 0 Å². The Balaban J connectivity index is 1.11. The number of piperidine rings is 1. The third-order valence-electron chi connectivity index (χ3n) is 9.28. The SMILES string of the molecule is CC(C)(C)OC(=O)N1CCC(C(=O)N2C[C@@H](NC(=O)c3ccc(CN4CCS(=O)(=O)c5ccccc54)cc3)[C@]3(C2)NC(=O)NC3=O)CC1. The van der Waals surface area contributed by atoms with Gasteiger partial charge >= 0.3 is 12.1 Å². The molecule has 6 amide bonds. The zero-order valence-electron chi connectivity index (χ0n) is 27.2. The molecule has 15 heteroatoms. The Bertz CT molecular complexity index is 1750. The molecule has 2 atom stereocenters. The highest BCUT2D eigenvalue weighted by atomic mass is 32.2. The van der Waals surface area contributed by atoms with E-state index in [1.54, 1.807) is 74.2 Å². The van der Waals surface area contributed by atoms with Crippen LogP contribution in [0.1, 0.15) is 49.5 Å². The lowest BCUT2D eigenvalue weighted by molar-refractivity contribution is -0.136. The smallest absolute Gasteiger partial charge is 0.410 e. The average molecular weight is 681 g/mol. The van der Waals surface area contributed by atoms with Crippen molar-refractivity contribution in [3.05, 3.63) is 59.7 Å². The van der Waals surface area contributed by atoms with Gasteiger partial charge in [0.25, 0.3) is 11.8 Å². The number of urea groups is 1. The number of nitrogens with zero attached hydrogens (tertiary/aromatic N) is 3. The normalized spacial score (nSPS) is 23.8. The lowest BCUT2D eigenvalue weighted by Gasteiger charge is -2.34. The van der Waals surface area contributed by atoms with Crippen LogP contribution in [0.3, 0.4) is 0 Å².